The van der Waals surface area contributed by atoms with Crippen molar-refractivity contribution in [3.8, 4) is 12.1 Å². The van der Waals surface area contributed by atoms with Gasteiger partial charge in [0.2, 0.25) is 0 Å². The molecule has 1 rings (SSSR count). The van der Waals surface area contributed by atoms with E-state index in [0.717, 1.165) is 25.3 Å². The number of aryl methyl sites for hydroxylation is 1. The Balaban J connectivity index is 2.53. The second-order valence-electron chi connectivity index (χ2n) is 3.45. The van der Waals surface area contributed by atoms with E-state index in [-0.39, 0.29) is 0 Å². The minimum atomic E-state index is 0.503. The van der Waals surface area contributed by atoms with E-state index < -0.39 is 0 Å². The molecule has 0 atom stereocenters. The van der Waals surface area contributed by atoms with Gasteiger partial charge >= 0.3 is 0 Å². The normalized spacial score (nSPS) is 10.0. The van der Waals surface area contributed by atoms with E-state index in [2.05, 4.69) is 22.0 Å². The van der Waals surface area contributed by atoms with Gasteiger partial charge in [0.1, 0.15) is 0 Å². The van der Waals surface area contributed by atoms with E-state index in [1.807, 2.05) is 12.4 Å². The highest BCUT2D eigenvalue weighted by Gasteiger charge is 2.09. The highest BCUT2D eigenvalue weighted by molar-refractivity contribution is 7.09. The van der Waals surface area contributed by atoms with Crippen LogP contribution in [0.25, 0.3) is 0 Å². The molecule has 1 aromatic rings. The van der Waals surface area contributed by atoms with Crippen molar-refractivity contribution in [2.45, 2.75) is 26.3 Å². The van der Waals surface area contributed by atoms with Crippen molar-refractivity contribution in [2.24, 2.45) is 0 Å². The number of nitrogens with zero attached hydrogens (tertiary/aromatic N) is 4. The van der Waals surface area contributed by atoms with E-state index in [1.54, 1.807) is 11.3 Å². The van der Waals surface area contributed by atoms with Crippen LogP contribution >= 0.6 is 11.3 Å². The van der Waals surface area contributed by atoms with Crippen molar-refractivity contribution < 1.29 is 0 Å². The van der Waals surface area contributed by atoms with Gasteiger partial charge in [-0.2, -0.15) is 10.5 Å². The second-order valence-corrected chi connectivity index (χ2v) is 4.39. The van der Waals surface area contributed by atoms with Crippen molar-refractivity contribution in [2.75, 3.05) is 13.1 Å². The lowest BCUT2D eigenvalue weighted by Crippen LogP contribution is -2.25. The summed E-state index contributed by atoms with van der Waals surface area (Å²) in [4.78, 5) is 7.54. The average molecular weight is 234 g/mol. The predicted octanol–water partition coefficient (Wildman–Crippen LogP) is 2.08. The van der Waals surface area contributed by atoms with Gasteiger partial charge in [-0.15, -0.1) is 11.3 Å². The Labute approximate surface area is 99.8 Å². The van der Waals surface area contributed by atoms with Crippen molar-refractivity contribution in [1.82, 2.24) is 9.88 Å². The van der Waals surface area contributed by atoms with E-state index in [0.29, 0.717) is 12.8 Å². The summed E-state index contributed by atoms with van der Waals surface area (Å²) < 4.78 is 0. The molecule has 0 aliphatic heterocycles. The van der Waals surface area contributed by atoms with Crippen LogP contribution in [0.2, 0.25) is 0 Å². The van der Waals surface area contributed by atoms with Gasteiger partial charge < -0.3 is 0 Å². The zero-order valence-corrected chi connectivity index (χ0v) is 10.1. The molecule has 16 heavy (non-hydrogen) atoms. The summed E-state index contributed by atoms with van der Waals surface area (Å²) in [5.41, 5.74) is 2.88. The first kappa shape index (κ1) is 12.6. The number of rotatable bonds is 6. The Morgan fingerprint density at radius 2 is 1.94 bits per heavy atom. The molecular formula is C11H14N4S. The molecule has 4 nitrogen and oxygen atoms in total. The van der Waals surface area contributed by atoms with Crippen LogP contribution in [0.15, 0.2) is 5.51 Å². The molecule has 84 valence electrons. The van der Waals surface area contributed by atoms with Crippen LogP contribution in [0, 0.1) is 29.6 Å². The third kappa shape index (κ3) is 3.98. The summed E-state index contributed by atoms with van der Waals surface area (Å²) in [6, 6.07) is 4.26. The highest BCUT2D eigenvalue weighted by atomic mass is 32.1. The molecule has 5 heteroatoms. The maximum Gasteiger partial charge on any atom is 0.0798 e. The molecule has 0 aromatic carbocycles. The van der Waals surface area contributed by atoms with Crippen LogP contribution in [0.5, 0.6) is 0 Å². The van der Waals surface area contributed by atoms with Gasteiger partial charge in [0.25, 0.3) is 0 Å². The molecule has 0 radical (unpaired) electrons. The lowest BCUT2D eigenvalue weighted by Gasteiger charge is -2.18. The molecule has 0 spiro atoms. The molecule has 0 saturated carbocycles. The van der Waals surface area contributed by atoms with Crippen LogP contribution in [-0.2, 0) is 6.54 Å². The third-order valence-electron chi connectivity index (χ3n) is 2.29. The average Bonchev–Trinajstić information content (AvgIpc) is 2.68. The van der Waals surface area contributed by atoms with E-state index in [1.165, 1.54) is 4.88 Å². The molecular weight excluding hydrogens is 220 g/mol. The van der Waals surface area contributed by atoms with Gasteiger partial charge in [0.15, 0.2) is 0 Å². The molecule has 0 amide bonds. The Morgan fingerprint density at radius 1 is 1.31 bits per heavy atom. The number of nitriles is 2. The first-order chi connectivity index (χ1) is 7.77. The summed E-state index contributed by atoms with van der Waals surface area (Å²) in [5.74, 6) is 0. The summed E-state index contributed by atoms with van der Waals surface area (Å²) in [6.07, 6.45) is 1.01. The largest absolute Gasteiger partial charge is 0.296 e. The van der Waals surface area contributed by atoms with Gasteiger partial charge in [0, 0.05) is 37.4 Å². The van der Waals surface area contributed by atoms with Gasteiger partial charge in [-0.1, -0.05) is 0 Å². The Bertz CT molecular complexity index is 381. The number of hydrogen-bond acceptors (Lipinski definition) is 5. The summed E-state index contributed by atoms with van der Waals surface area (Å²) in [6.45, 7) is 4.21. The van der Waals surface area contributed by atoms with Gasteiger partial charge in [-0.05, 0) is 6.92 Å². The summed E-state index contributed by atoms with van der Waals surface area (Å²) >= 11 is 1.63. The molecule has 1 heterocycles. The Hall–Kier alpha value is -1.43. The SMILES string of the molecule is Cc1ncsc1CN(CCC#N)CCC#N. The predicted molar refractivity (Wildman–Crippen MR) is 62.6 cm³/mol. The molecule has 0 aliphatic carbocycles. The molecule has 0 bridgehead atoms. The molecule has 0 unspecified atom stereocenters. The first-order valence-corrected chi connectivity index (χ1v) is 6.01. The smallest absolute Gasteiger partial charge is 0.0798 e. The van der Waals surface area contributed by atoms with Crippen LogP contribution in [0.3, 0.4) is 0 Å². The van der Waals surface area contributed by atoms with Crippen LogP contribution < -0.4 is 0 Å². The van der Waals surface area contributed by atoms with Gasteiger partial charge in [-0.3, -0.25) is 4.90 Å². The first-order valence-electron chi connectivity index (χ1n) is 5.13. The fraction of sp³-hybridized carbons (Fsp3) is 0.545. The molecule has 1 aromatic heterocycles. The fourth-order valence-electron chi connectivity index (χ4n) is 1.37. The number of thiazole rings is 1. The zero-order chi connectivity index (χ0) is 11.8. The standard InChI is InChI=1S/C11H14N4S/c1-10-11(16-9-14-10)8-15(6-2-4-12)7-3-5-13/h9H,2-3,6-8H2,1H3. The van der Waals surface area contributed by atoms with E-state index in [9.17, 15) is 0 Å². The van der Waals surface area contributed by atoms with Crippen molar-refractivity contribution in [1.29, 1.82) is 10.5 Å². The quantitative estimate of drug-likeness (QED) is 0.756. The summed E-state index contributed by atoms with van der Waals surface area (Å²) in [5, 5.41) is 17.1. The lowest BCUT2D eigenvalue weighted by molar-refractivity contribution is 0.280. The van der Waals surface area contributed by atoms with Crippen LogP contribution in [0.1, 0.15) is 23.4 Å². The Morgan fingerprint density at radius 3 is 2.38 bits per heavy atom. The van der Waals surface area contributed by atoms with Crippen molar-refractivity contribution in [3.63, 3.8) is 0 Å². The van der Waals surface area contributed by atoms with Gasteiger partial charge in [0.05, 0.1) is 23.3 Å². The monoisotopic (exact) mass is 234 g/mol. The molecule has 0 saturated heterocycles. The van der Waals surface area contributed by atoms with Gasteiger partial charge in [-0.25, -0.2) is 4.98 Å². The number of aromatic nitrogens is 1. The van der Waals surface area contributed by atoms with Crippen LogP contribution in [0.4, 0.5) is 0 Å². The zero-order valence-electron chi connectivity index (χ0n) is 9.31. The molecule has 0 aliphatic rings. The fourth-order valence-corrected chi connectivity index (χ4v) is 2.19. The van der Waals surface area contributed by atoms with E-state index >= 15 is 0 Å². The van der Waals surface area contributed by atoms with E-state index in [4.69, 9.17) is 10.5 Å². The number of hydrogen-bond donors (Lipinski definition) is 0. The van der Waals surface area contributed by atoms with Crippen molar-refractivity contribution >= 4 is 11.3 Å². The maximum atomic E-state index is 8.57. The minimum absolute atomic E-state index is 0.503. The highest BCUT2D eigenvalue weighted by Crippen LogP contribution is 2.15. The molecule has 0 fully saturated rings. The second kappa shape index (κ2) is 6.95. The minimum Gasteiger partial charge on any atom is -0.296 e. The maximum absolute atomic E-state index is 8.57. The topological polar surface area (TPSA) is 63.7 Å². The third-order valence-corrected chi connectivity index (χ3v) is 3.21. The molecule has 0 N–H and O–H groups in total. The van der Waals surface area contributed by atoms with Crippen molar-refractivity contribution in [3.05, 3.63) is 16.1 Å². The Kier molecular flexibility index (Phi) is 5.49. The van der Waals surface area contributed by atoms with Crippen LogP contribution in [-0.4, -0.2) is 23.0 Å². The summed E-state index contributed by atoms with van der Waals surface area (Å²) in [7, 11) is 0. The lowest BCUT2D eigenvalue weighted by atomic mass is 10.3.